The van der Waals surface area contributed by atoms with E-state index in [2.05, 4.69) is 30.7 Å². The van der Waals surface area contributed by atoms with E-state index in [1.54, 1.807) is 30.3 Å². The molecule has 10 heteroatoms. The number of H-pyrrole nitrogens is 1. The van der Waals surface area contributed by atoms with Crippen LogP contribution in [0.5, 0.6) is 0 Å². The van der Waals surface area contributed by atoms with Crippen LogP contribution >= 0.6 is 0 Å². The molecule has 3 aromatic heterocycles. The lowest BCUT2D eigenvalue weighted by Gasteiger charge is -2.21. The maximum atomic E-state index is 13.3. The Kier molecular flexibility index (Phi) is 4.51. The van der Waals surface area contributed by atoms with Gasteiger partial charge >= 0.3 is 0 Å². The maximum Gasteiger partial charge on any atom is 0.280 e. The van der Waals surface area contributed by atoms with Gasteiger partial charge in [-0.15, -0.1) is 0 Å². The average Bonchev–Trinajstić information content (AvgIpc) is 3.27. The minimum absolute atomic E-state index is 0.270. The Morgan fingerprint density at radius 1 is 1.06 bits per heavy atom. The predicted octanol–water partition coefficient (Wildman–Crippen LogP) is 3.25. The third-order valence-electron chi connectivity index (χ3n) is 4.85. The summed E-state index contributed by atoms with van der Waals surface area (Å²) >= 11 is 0. The van der Waals surface area contributed by atoms with Gasteiger partial charge in [0.25, 0.3) is 5.56 Å². The van der Waals surface area contributed by atoms with Crippen molar-refractivity contribution < 1.29 is 4.39 Å². The van der Waals surface area contributed by atoms with E-state index in [0.29, 0.717) is 39.4 Å². The molecule has 0 fully saturated rings. The Bertz CT molecular complexity index is 1440. The van der Waals surface area contributed by atoms with E-state index in [0.717, 1.165) is 0 Å². The number of rotatable bonds is 5. The van der Waals surface area contributed by atoms with Gasteiger partial charge in [-0.1, -0.05) is 12.1 Å². The molecule has 0 bridgehead atoms. The molecule has 0 saturated heterocycles. The van der Waals surface area contributed by atoms with Gasteiger partial charge in [0.05, 0.1) is 29.0 Å². The fraction of sp³-hybridized carbons (Fsp3) is 0.0952. The molecule has 154 valence electrons. The first-order valence-corrected chi connectivity index (χ1v) is 9.55. The fourth-order valence-electron chi connectivity index (χ4n) is 3.35. The van der Waals surface area contributed by atoms with E-state index in [1.165, 1.54) is 29.5 Å². The predicted molar refractivity (Wildman–Crippen MR) is 115 cm³/mol. The number of imidazole rings is 1. The number of benzene rings is 2. The van der Waals surface area contributed by atoms with Gasteiger partial charge in [-0.05, 0) is 43.3 Å². The van der Waals surface area contributed by atoms with Gasteiger partial charge in [-0.25, -0.2) is 29.0 Å². The Labute approximate surface area is 175 Å². The first kappa shape index (κ1) is 18.7. The summed E-state index contributed by atoms with van der Waals surface area (Å²) in [4.78, 5) is 33.5. The van der Waals surface area contributed by atoms with Gasteiger partial charge in [-0.3, -0.25) is 10.2 Å². The number of fused-ring (bicyclic) bond motifs is 2. The Morgan fingerprint density at radius 2 is 1.87 bits per heavy atom. The molecule has 0 aliphatic heterocycles. The second kappa shape index (κ2) is 7.48. The molecule has 2 aromatic carbocycles. The van der Waals surface area contributed by atoms with E-state index in [-0.39, 0.29) is 11.4 Å². The number of aromatic nitrogens is 6. The van der Waals surface area contributed by atoms with Crippen LogP contribution in [0.25, 0.3) is 22.1 Å². The largest absolute Gasteiger partial charge is 0.358 e. The number of nitrogens with zero attached hydrogens (tertiary/aromatic N) is 5. The van der Waals surface area contributed by atoms with Crippen molar-refractivity contribution in [3.05, 3.63) is 83.2 Å². The highest BCUT2D eigenvalue weighted by atomic mass is 19.1. The van der Waals surface area contributed by atoms with Crippen LogP contribution in [-0.2, 0) is 0 Å². The number of hydrogen-bond acceptors (Lipinski definition) is 7. The number of nitrogens with one attached hydrogen (secondary N) is 3. The molecule has 0 aliphatic rings. The highest BCUT2D eigenvalue weighted by molar-refractivity contribution is 5.82. The fourth-order valence-corrected chi connectivity index (χ4v) is 3.35. The summed E-state index contributed by atoms with van der Waals surface area (Å²) in [6.45, 7) is 1.86. The summed E-state index contributed by atoms with van der Waals surface area (Å²) < 4.78 is 14.7. The van der Waals surface area contributed by atoms with Crippen molar-refractivity contribution in [2.24, 2.45) is 0 Å². The smallest absolute Gasteiger partial charge is 0.280 e. The second-order valence-electron chi connectivity index (χ2n) is 6.94. The van der Waals surface area contributed by atoms with Crippen molar-refractivity contribution >= 4 is 33.6 Å². The zero-order valence-corrected chi connectivity index (χ0v) is 16.4. The van der Waals surface area contributed by atoms with Crippen LogP contribution in [0.2, 0.25) is 0 Å². The molecule has 5 aromatic rings. The monoisotopic (exact) mass is 416 g/mol. The van der Waals surface area contributed by atoms with Crippen molar-refractivity contribution in [3.63, 3.8) is 0 Å². The molecule has 9 nitrogen and oxygen atoms in total. The first-order valence-electron chi connectivity index (χ1n) is 9.55. The number of anilines is 2. The molecular weight excluding hydrogens is 399 g/mol. The van der Waals surface area contributed by atoms with Crippen LogP contribution in [0.3, 0.4) is 0 Å². The SMILES string of the molecule is CC(Nc1ncnc2nc[nH]c12)c1nc2ccccc2c(=O)n1Nc1ccc(F)cc1. The van der Waals surface area contributed by atoms with Crippen molar-refractivity contribution in [2.75, 3.05) is 10.7 Å². The van der Waals surface area contributed by atoms with Gasteiger partial charge < -0.3 is 10.3 Å². The number of aromatic amines is 1. The Morgan fingerprint density at radius 3 is 2.71 bits per heavy atom. The van der Waals surface area contributed by atoms with Crippen LogP contribution < -0.4 is 16.3 Å². The topological polar surface area (TPSA) is 113 Å². The van der Waals surface area contributed by atoms with Crippen molar-refractivity contribution in [1.82, 2.24) is 29.6 Å². The highest BCUT2D eigenvalue weighted by Gasteiger charge is 2.19. The molecule has 0 saturated carbocycles. The highest BCUT2D eigenvalue weighted by Crippen LogP contribution is 2.22. The summed E-state index contributed by atoms with van der Waals surface area (Å²) in [6.07, 6.45) is 2.95. The summed E-state index contributed by atoms with van der Waals surface area (Å²) in [7, 11) is 0. The molecule has 3 heterocycles. The van der Waals surface area contributed by atoms with Gasteiger partial charge in [-0.2, -0.15) is 0 Å². The summed E-state index contributed by atoms with van der Waals surface area (Å²) in [5, 5.41) is 3.73. The Hall–Kier alpha value is -4.34. The molecular formula is C21H17FN8O. The average molecular weight is 416 g/mol. The Balaban J connectivity index is 1.61. The van der Waals surface area contributed by atoms with E-state index < -0.39 is 6.04 Å². The van der Waals surface area contributed by atoms with E-state index in [9.17, 15) is 9.18 Å². The maximum absolute atomic E-state index is 13.3. The lowest BCUT2D eigenvalue weighted by molar-refractivity contribution is 0.627. The first-order chi connectivity index (χ1) is 15.1. The minimum atomic E-state index is -0.424. The van der Waals surface area contributed by atoms with Crippen molar-refractivity contribution in [2.45, 2.75) is 13.0 Å². The molecule has 1 unspecified atom stereocenters. The van der Waals surface area contributed by atoms with Gasteiger partial charge in [0.1, 0.15) is 17.7 Å². The molecule has 0 aliphatic carbocycles. The lowest BCUT2D eigenvalue weighted by Crippen LogP contribution is -2.33. The van der Waals surface area contributed by atoms with Gasteiger partial charge in [0.2, 0.25) is 0 Å². The second-order valence-corrected chi connectivity index (χ2v) is 6.94. The van der Waals surface area contributed by atoms with E-state index in [1.807, 2.05) is 13.0 Å². The standard InChI is InChI=1S/C21H17FN8O/c1-12(27-19-17-18(24-10-23-17)25-11-26-19)20-28-16-5-3-2-4-15(16)21(31)30(20)29-14-8-6-13(22)7-9-14/h2-12,29H,1H3,(H2,23,24,25,26,27). The van der Waals surface area contributed by atoms with Crippen LogP contribution in [0.1, 0.15) is 18.8 Å². The van der Waals surface area contributed by atoms with Crippen LogP contribution in [0.15, 0.2) is 66.0 Å². The van der Waals surface area contributed by atoms with E-state index in [4.69, 9.17) is 4.98 Å². The van der Waals surface area contributed by atoms with E-state index >= 15 is 0 Å². The molecule has 0 spiro atoms. The summed E-state index contributed by atoms with van der Waals surface area (Å²) in [5.74, 6) is 0.599. The van der Waals surface area contributed by atoms with Crippen LogP contribution in [0, 0.1) is 5.82 Å². The summed E-state index contributed by atoms with van der Waals surface area (Å²) in [6, 6.07) is 12.4. The van der Waals surface area contributed by atoms with Crippen LogP contribution in [0.4, 0.5) is 15.9 Å². The van der Waals surface area contributed by atoms with Gasteiger partial charge in [0.15, 0.2) is 17.3 Å². The number of para-hydroxylation sites is 1. The molecule has 1 atom stereocenters. The minimum Gasteiger partial charge on any atom is -0.358 e. The zero-order valence-electron chi connectivity index (χ0n) is 16.4. The zero-order chi connectivity index (χ0) is 21.4. The van der Waals surface area contributed by atoms with Crippen molar-refractivity contribution in [1.29, 1.82) is 0 Å². The molecule has 0 radical (unpaired) electrons. The van der Waals surface area contributed by atoms with Crippen molar-refractivity contribution in [3.8, 4) is 0 Å². The normalized spacial score (nSPS) is 12.2. The van der Waals surface area contributed by atoms with Gasteiger partial charge in [0, 0.05) is 0 Å². The number of hydrogen-bond donors (Lipinski definition) is 3. The molecule has 31 heavy (non-hydrogen) atoms. The number of halogens is 1. The third kappa shape index (κ3) is 3.44. The molecule has 5 rings (SSSR count). The lowest BCUT2D eigenvalue weighted by atomic mass is 10.2. The quantitative estimate of drug-likeness (QED) is 0.403. The summed E-state index contributed by atoms with van der Waals surface area (Å²) in [5.41, 5.74) is 5.07. The molecule has 0 amide bonds. The van der Waals surface area contributed by atoms with Crippen LogP contribution in [-0.4, -0.2) is 29.6 Å². The third-order valence-corrected chi connectivity index (χ3v) is 4.85. The molecule has 3 N–H and O–H groups in total.